The van der Waals surface area contributed by atoms with Crippen LogP contribution < -0.4 is 5.32 Å². The first kappa shape index (κ1) is 51.6. The van der Waals surface area contributed by atoms with Crippen LogP contribution in [0.15, 0.2) is 24.3 Å². The highest BCUT2D eigenvalue weighted by molar-refractivity contribution is 5.76. The van der Waals surface area contributed by atoms with E-state index in [1.165, 1.54) is 89.9 Å². The predicted octanol–water partition coefficient (Wildman–Crippen LogP) is 3.82. The lowest BCUT2D eigenvalue weighted by Gasteiger charge is -2.46. The average molecular weight is 818 g/mol. The largest absolute Gasteiger partial charge is 0.394 e. The summed E-state index contributed by atoms with van der Waals surface area (Å²) in [6.07, 6.45) is 14.8. The highest BCUT2D eigenvalue weighted by atomic mass is 16.7. The monoisotopic (exact) mass is 818 g/mol. The number of unbranched alkanes of at least 4 members (excludes halogenated alkanes) is 17. The van der Waals surface area contributed by atoms with E-state index in [4.69, 9.17) is 18.9 Å². The second kappa shape index (κ2) is 31.4. The average Bonchev–Trinajstić information content (AvgIpc) is 3.20. The lowest BCUT2D eigenvalue weighted by Crippen LogP contribution is -2.65. The highest BCUT2D eigenvalue weighted by Gasteiger charge is 2.50. The Morgan fingerprint density at radius 1 is 0.614 bits per heavy atom. The van der Waals surface area contributed by atoms with Crippen LogP contribution in [-0.2, 0) is 23.7 Å². The summed E-state index contributed by atoms with van der Waals surface area (Å²) in [6.45, 7) is 2.56. The van der Waals surface area contributed by atoms with Gasteiger partial charge in [-0.2, -0.15) is 0 Å². The molecule has 14 heteroatoms. The summed E-state index contributed by atoms with van der Waals surface area (Å²) in [7, 11) is 0. The number of hydrogen-bond acceptors (Lipinski definition) is 13. The van der Waals surface area contributed by atoms with Gasteiger partial charge in [0.05, 0.1) is 32.0 Å². The van der Waals surface area contributed by atoms with Crippen molar-refractivity contribution in [2.45, 2.75) is 222 Å². The summed E-state index contributed by atoms with van der Waals surface area (Å²) in [5.41, 5.74) is 0. The van der Waals surface area contributed by atoms with E-state index in [-0.39, 0.29) is 18.9 Å². The zero-order valence-corrected chi connectivity index (χ0v) is 34.8. The maximum Gasteiger partial charge on any atom is 0.220 e. The van der Waals surface area contributed by atoms with E-state index < -0.39 is 86.8 Å². The fraction of sp³-hybridized carbons (Fsp3) is 0.884. The third kappa shape index (κ3) is 20.1. The van der Waals surface area contributed by atoms with Crippen molar-refractivity contribution in [1.29, 1.82) is 0 Å². The van der Waals surface area contributed by atoms with Crippen molar-refractivity contribution in [2.24, 2.45) is 0 Å². The maximum atomic E-state index is 12.7. The van der Waals surface area contributed by atoms with E-state index in [1.54, 1.807) is 6.08 Å². The van der Waals surface area contributed by atoms with Gasteiger partial charge in [0.2, 0.25) is 5.91 Å². The van der Waals surface area contributed by atoms with Crippen LogP contribution in [0.4, 0.5) is 0 Å². The fourth-order valence-corrected chi connectivity index (χ4v) is 7.19. The molecule has 2 rings (SSSR count). The van der Waals surface area contributed by atoms with Crippen LogP contribution in [0.3, 0.4) is 0 Å². The third-order valence-corrected chi connectivity index (χ3v) is 10.9. The number of nitrogens with one attached hydrogen (secondary N) is 1. The summed E-state index contributed by atoms with van der Waals surface area (Å²) in [5, 5.41) is 85.8. The van der Waals surface area contributed by atoms with Crippen molar-refractivity contribution in [3.63, 3.8) is 0 Å². The molecular formula is C43H79NO13. The Morgan fingerprint density at radius 2 is 1.12 bits per heavy atom. The predicted molar refractivity (Wildman–Crippen MR) is 217 cm³/mol. The van der Waals surface area contributed by atoms with Crippen LogP contribution in [0.1, 0.15) is 149 Å². The van der Waals surface area contributed by atoms with E-state index in [2.05, 4.69) is 24.4 Å². The number of carbonyl (C=O) groups excluding carboxylic acids is 1. The van der Waals surface area contributed by atoms with Crippen molar-refractivity contribution in [3.8, 4) is 0 Å². The van der Waals surface area contributed by atoms with Crippen LogP contribution in [0.5, 0.6) is 0 Å². The molecule has 2 aliphatic rings. The van der Waals surface area contributed by atoms with Gasteiger partial charge >= 0.3 is 0 Å². The first-order valence-corrected chi connectivity index (χ1v) is 22.1. The van der Waals surface area contributed by atoms with E-state index in [9.17, 15) is 45.6 Å². The molecule has 0 aromatic heterocycles. The number of allylic oxidation sites excluding steroid dienone is 3. The highest BCUT2D eigenvalue weighted by Crippen LogP contribution is 2.30. The normalized spacial score (nSPS) is 29.3. The van der Waals surface area contributed by atoms with Crippen molar-refractivity contribution >= 4 is 5.91 Å². The van der Waals surface area contributed by atoms with Gasteiger partial charge in [-0.1, -0.05) is 134 Å². The van der Waals surface area contributed by atoms with E-state index in [0.717, 1.165) is 25.7 Å². The molecule has 0 bridgehead atoms. The van der Waals surface area contributed by atoms with Gasteiger partial charge in [0, 0.05) is 6.42 Å². The second-order valence-electron chi connectivity index (χ2n) is 15.8. The van der Waals surface area contributed by atoms with Crippen molar-refractivity contribution < 1.29 is 64.6 Å². The first-order valence-electron chi connectivity index (χ1n) is 22.1. The molecule has 0 aromatic carbocycles. The molecule has 2 fully saturated rings. The third-order valence-electron chi connectivity index (χ3n) is 10.9. The molecule has 9 N–H and O–H groups in total. The topological polar surface area (TPSA) is 228 Å². The van der Waals surface area contributed by atoms with Crippen LogP contribution in [0.2, 0.25) is 0 Å². The van der Waals surface area contributed by atoms with Gasteiger partial charge in [-0.3, -0.25) is 4.79 Å². The number of ether oxygens (including phenoxy) is 4. The fourth-order valence-electron chi connectivity index (χ4n) is 7.19. The van der Waals surface area contributed by atoms with Gasteiger partial charge in [-0.25, -0.2) is 0 Å². The molecule has 0 aromatic rings. The van der Waals surface area contributed by atoms with E-state index in [0.29, 0.717) is 12.8 Å². The van der Waals surface area contributed by atoms with Gasteiger partial charge in [0.15, 0.2) is 12.6 Å². The molecule has 2 saturated heterocycles. The minimum Gasteiger partial charge on any atom is -0.394 e. The van der Waals surface area contributed by atoms with Crippen LogP contribution in [-0.4, -0.2) is 140 Å². The number of rotatable bonds is 32. The Balaban J connectivity index is 1.79. The Morgan fingerprint density at radius 3 is 1.72 bits per heavy atom. The summed E-state index contributed by atoms with van der Waals surface area (Å²) >= 11 is 0. The Labute approximate surface area is 341 Å². The molecule has 1 amide bonds. The minimum absolute atomic E-state index is 0.260. The van der Waals surface area contributed by atoms with Crippen molar-refractivity contribution in [2.75, 3.05) is 19.8 Å². The molecule has 2 heterocycles. The quantitative estimate of drug-likeness (QED) is 0.0348. The van der Waals surface area contributed by atoms with Gasteiger partial charge in [0.25, 0.3) is 0 Å². The van der Waals surface area contributed by atoms with Crippen LogP contribution in [0.25, 0.3) is 0 Å². The standard InChI is InChI=1S/C43H79NO13/c1-3-5-7-8-9-10-11-12-13-14-15-16-17-18-19-20-21-22-23-25-26-32(47)31(44-35(48)27-24-6-4-2)30-54-42-40(53)38(51)41(34(29-46)56-42)57-43-39(52)37(50)36(49)33(28-45)55-43/h20-21,25-26,31-34,36-43,45-47,49-53H,3-19,22-24,27-30H2,1-2H3,(H,44,48)/b21-20+,26-25+. The minimum atomic E-state index is -1.79. The van der Waals surface area contributed by atoms with Crippen LogP contribution >= 0.6 is 0 Å². The Hall–Kier alpha value is -1.53. The maximum absolute atomic E-state index is 12.7. The van der Waals surface area contributed by atoms with Crippen molar-refractivity contribution in [1.82, 2.24) is 5.32 Å². The number of amides is 1. The Bertz CT molecular complexity index is 1060. The first-order chi connectivity index (χ1) is 27.6. The number of hydrogen-bond donors (Lipinski definition) is 9. The molecule has 14 nitrogen and oxygen atoms in total. The molecule has 2 aliphatic heterocycles. The number of aliphatic hydroxyl groups is 8. The Kier molecular flexibility index (Phi) is 28.4. The summed E-state index contributed by atoms with van der Waals surface area (Å²) < 4.78 is 22.4. The summed E-state index contributed by atoms with van der Waals surface area (Å²) in [4.78, 5) is 12.7. The van der Waals surface area contributed by atoms with Gasteiger partial charge in [0.1, 0.15) is 48.8 Å². The molecule has 0 radical (unpaired) electrons. The van der Waals surface area contributed by atoms with Gasteiger partial charge < -0.3 is 65.1 Å². The molecular weight excluding hydrogens is 738 g/mol. The molecule has 12 atom stereocenters. The summed E-state index contributed by atoms with van der Waals surface area (Å²) in [5.74, 6) is -0.276. The zero-order chi connectivity index (χ0) is 41.8. The van der Waals surface area contributed by atoms with Gasteiger partial charge in [-0.05, 0) is 32.1 Å². The second-order valence-corrected chi connectivity index (χ2v) is 15.8. The molecule has 0 spiro atoms. The smallest absolute Gasteiger partial charge is 0.220 e. The zero-order valence-electron chi connectivity index (χ0n) is 34.8. The molecule has 0 saturated carbocycles. The lowest BCUT2D eigenvalue weighted by atomic mass is 9.97. The van der Waals surface area contributed by atoms with Crippen LogP contribution in [0, 0.1) is 0 Å². The summed E-state index contributed by atoms with van der Waals surface area (Å²) in [6, 6.07) is -0.921. The number of aliphatic hydroxyl groups excluding tert-OH is 8. The molecule has 334 valence electrons. The SMILES string of the molecule is CCCCCCCCCCCCCCCC/C=C/CC/C=C/C(O)C(COC1OC(CO)C(OC2OC(CO)C(O)C(O)C2O)C(O)C1O)NC(=O)CCCCC. The number of carbonyl (C=O) groups is 1. The van der Waals surface area contributed by atoms with E-state index >= 15 is 0 Å². The molecule has 12 unspecified atom stereocenters. The van der Waals surface area contributed by atoms with E-state index in [1.807, 2.05) is 13.0 Å². The van der Waals surface area contributed by atoms with Crippen molar-refractivity contribution in [3.05, 3.63) is 24.3 Å². The molecule has 0 aliphatic carbocycles. The lowest BCUT2D eigenvalue weighted by molar-refractivity contribution is -0.359. The van der Waals surface area contributed by atoms with Gasteiger partial charge in [-0.15, -0.1) is 0 Å². The molecule has 57 heavy (non-hydrogen) atoms.